The molecule has 0 bridgehead atoms. The number of piperidine rings is 1. The van der Waals surface area contributed by atoms with Crippen LogP contribution in [0.2, 0.25) is 0 Å². The fraction of sp³-hybridized carbons (Fsp3) is 0.889. The van der Waals surface area contributed by atoms with Crippen molar-refractivity contribution in [2.75, 3.05) is 13.1 Å². The van der Waals surface area contributed by atoms with Crippen molar-refractivity contribution >= 4 is 5.91 Å². The Bertz CT molecular complexity index is 347. The first-order chi connectivity index (χ1) is 8.37. The summed E-state index contributed by atoms with van der Waals surface area (Å²) in [7, 11) is 0. The average molecular weight is 299 g/mol. The fourth-order valence-electron chi connectivity index (χ4n) is 1.75. The second-order valence-electron chi connectivity index (χ2n) is 4.20. The minimum Gasteiger partial charge on any atom is -0.337 e. The van der Waals surface area contributed by atoms with Crippen LogP contribution in [0.5, 0.6) is 0 Å². The van der Waals surface area contributed by atoms with E-state index in [1.54, 1.807) is 0 Å². The monoisotopic (exact) mass is 299 g/mol. The molecule has 1 amide bonds. The first-order valence-corrected chi connectivity index (χ1v) is 5.18. The molecule has 1 saturated heterocycles. The molecule has 1 heterocycles. The van der Waals surface area contributed by atoms with Crippen LogP contribution in [0.15, 0.2) is 0 Å². The molecule has 1 unspecified atom stereocenters. The summed E-state index contributed by atoms with van der Waals surface area (Å²) in [6.07, 6.45) is -11.5. The van der Waals surface area contributed by atoms with Gasteiger partial charge in [-0.05, 0) is 12.8 Å². The predicted octanol–water partition coefficient (Wildman–Crippen LogP) is 2.98. The van der Waals surface area contributed by atoms with Gasteiger partial charge in [0.25, 0.3) is 0 Å². The maximum absolute atomic E-state index is 12.7. The van der Waals surface area contributed by atoms with Gasteiger partial charge < -0.3 is 4.90 Å². The van der Waals surface area contributed by atoms with Crippen molar-refractivity contribution in [3.05, 3.63) is 0 Å². The SMILES string of the molecule is O=C(N1CCCC(C(F)(F)F)C1)C(F)(F)C(F)(F)F. The minimum atomic E-state index is -6.12. The molecular weight excluding hydrogens is 290 g/mol. The first kappa shape index (κ1) is 16.0. The van der Waals surface area contributed by atoms with E-state index < -0.39 is 49.6 Å². The predicted molar refractivity (Wildman–Crippen MR) is 46.4 cm³/mol. The zero-order valence-electron chi connectivity index (χ0n) is 9.28. The van der Waals surface area contributed by atoms with Gasteiger partial charge in [-0.15, -0.1) is 0 Å². The van der Waals surface area contributed by atoms with E-state index in [9.17, 15) is 39.9 Å². The lowest BCUT2D eigenvalue weighted by Crippen LogP contribution is -2.55. The van der Waals surface area contributed by atoms with E-state index >= 15 is 0 Å². The Kier molecular flexibility index (Phi) is 4.02. The minimum absolute atomic E-state index is 0.0743. The highest BCUT2D eigenvalue weighted by molar-refractivity contribution is 5.84. The van der Waals surface area contributed by atoms with Crippen LogP contribution in [0.3, 0.4) is 0 Å². The average Bonchev–Trinajstić information content (AvgIpc) is 2.25. The van der Waals surface area contributed by atoms with Crippen molar-refractivity contribution in [3.63, 3.8) is 0 Å². The Morgan fingerprint density at radius 1 is 1.00 bits per heavy atom. The highest BCUT2D eigenvalue weighted by atomic mass is 19.4. The van der Waals surface area contributed by atoms with Crippen LogP contribution in [0.4, 0.5) is 35.1 Å². The summed E-state index contributed by atoms with van der Waals surface area (Å²) in [5, 5.41) is 0. The number of carbonyl (C=O) groups excluding carboxylic acids is 1. The summed E-state index contributed by atoms with van der Waals surface area (Å²) >= 11 is 0. The van der Waals surface area contributed by atoms with Crippen LogP contribution in [0.25, 0.3) is 0 Å². The Hall–Kier alpha value is -1.09. The summed E-state index contributed by atoms with van der Waals surface area (Å²) in [4.78, 5) is 11.0. The van der Waals surface area contributed by atoms with E-state index in [0.717, 1.165) is 0 Å². The zero-order valence-corrected chi connectivity index (χ0v) is 9.28. The Balaban J connectivity index is 2.84. The Morgan fingerprint density at radius 2 is 1.53 bits per heavy atom. The summed E-state index contributed by atoms with van der Waals surface area (Å²) in [6, 6.07) is 0. The van der Waals surface area contributed by atoms with Gasteiger partial charge in [0.2, 0.25) is 0 Å². The van der Waals surface area contributed by atoms with Crippen molar-refractivity contribution in [2.45, 2.75) is 31.1 Å². The van der Waals surface area contributed by atoms with E-state index in [0.29, 0.717) is 0 Å². The van der Waals surface area contributed by atoms with Gasteiger partial charge in [-0.3, -0.25) is 4.79 Å². The van der Waals surface area contributed by atoms with Crippen LogP contribution >= 0.6 is 0 Å². The summed E-state index contributed by atoms with van der Waals surface area (Å²) in [5.74, 6) is -10.4. The number of rotatable bonds is 1. The topological polar surface area (TPSA) is 20.3 Å². The van der Waals surface area contributed by atoms with E-state index in [-0.39, 0.29) is 11.3 Å². The molecule has 0 N–H and O–H groups in total. The molecule has 2 nitrogen and oxygen atoms in total. The van der Waals surface area contributed by atoms with Gasteiger partial charge in [-0.25, -0.2) is 0 Å². The molecule has 0 spiro atoms. The van der Waals surface area contributed by atoms with Crippen molar-refractivity contribution in [3.8, 4) is 0 Å². The summed E-state index contributed by atoms with van der Waals surface area (Å²) < 4.78 is 98.4. The molecule has 1 atom stereocenters. The Labute approximate surface area is 102 Å². The third kappa shape index (κ3) is 3.27. The van der Waals surface area contributed by atoms with Gasteiger partial charge in [0.15, 0.2) is 0 Å². The van der Waals surface area contributed by atoms with Crippen molar-refractivity contribution in [1.82, 2.24) is 4.90 Å². The van der Waals surface area contributed by atoms with Crippen LogP contribution in [-0.4, -0.2) is 42.2 Å². The molecular formula is C9H9F8NO. The normalized spacial score (nSPS) is 22.5. The summed E-state index contributed by atoms with van der Waals surface area (Å²) in [5.41, 5.74) is 0. The number of hydrogen-bond acceptors (Lipinski definition) is 1. The van der Waals surface area contributed by atoms with Crippen molar-refractivity contribution in [2.24, 2.45) is 5.92 Å². The van der Waals surface area contributed by atoms with Gasteiger partial charge in [-0.1, -0.05) is 0 Å². The van der Waals surface area contributed by atoms with E-state index in [2.05, 4.69) is 0 Å². The second kappa shape index (κ2) is 4.78. The van der Waals surface area contributed by atoms with Crippen molar-refractivity contribution < 1.29 is 39.9 Å². The number of halogens is 8. The molecule has 112 valence electrons. The lowest BCUT2D eigenvalue weighted by molar-refractivity contribution is -0.276. The fourth-order valence-corrected chi connectivity index (χ4v) is 1.75. The lowest BCUT2D eigenvalue weighted by Gasteiger charge is -2.35. The van der Waals surface area contributed by atoms with Crippen LogP contribution in [-0.2, 0) is 4.79 Å². The molecule has 1 aliphatic rings. The smallest absolute Gasteiger partial charge is 0.337 e. The lowest BCUT2D eigenvalue weighted by atomic mass is 9.97. The number of carbonyl (C=O) groups is 1. The second-order valence-corrected chi connectivity index (χ2v) is 4.20. The van der Waals surface area contributed by atoms with E-state index in [1.165, 1.54) is 0 Å². The number of hydrogen-bond donors (Lipinski definition) is 0. The number of nitrogens with zero attached hydrogens (tertiary/aromatic N) is 1. The van der Waals surface area contributed by atoms with Gasteiger partial charge >= 0.3 is 24.2 Å². The van der Waals surface area contributed by atoms with Crippen molar-refractivity contribution in [1.29, 1.82) is 0 Å². The Morgan fingerprint density at radius 3 is 1.95 bits per heavy atom. The van der Waals surface area contributed by atoms with Gasteiger partial charge in [0.1, 0.15) is 0 Å². The standard InChI is InChI=1S/C9H9F8NO/c10-7(11,9(15,16)17)6(19)18-3-1-2-5(4-18)8(12,13)14/h5H,1-4H2. The third-order valence-corrected chi connectivity index (χ3v) is 2.80. The maximum Gasteiger partial charge on any atom is 0.463 e. The largest absolute Gasteiger partial charge is 0.463 e. The van der Waals surface area contributed by atoms with Crippen LogP contribution < -0.4 is 0 Å². The molecule has 1 rings (SSSR count). The number of likely N-dealkylation sites (tertiary alicyclic amines) is 1. The zero-order chi connectivity index (χ0) is 15.1. The van der Waals surface area contributed by atoms with E-state index in [1.807, 2.05) is 0 Å². The quantitative estimate of drug-likeness (QED) is 0.682. The van der Waals surface area contributed by atoms with E-state index in [4.69, 9.17) is 0 Å². The highest BCUT2D eigenvalue weighted by Crippen LogP contribution is 2.39. The molecule has 1 aliphatic heterocycles. The summed E-state index contributed by atoms with van der Waals surface area (Å²) in [6.45, 7) is -1.72. The number of alkyl halides is 8. The molecule has 0 aromatic heterocycles. The van der Waals surface area contributed by atoms with Crippen LogP contribution in [0.1, 0.15) is 12.8 Å². The van der Waals surface area contributed by atoms with Crippen LogP contribution in [0, 0.1) is 5.92 Å². The molecule has 10 heteroatoms. The molecule has 0 aromatic carbocycles. The molecule has 1 fully saturated rings. The molecule has 0 saturated carbocycles. The molecule has 19 heavy (non-hydrogen) atoms. The molecule has 0 radical (unpaired) electrons. The maximum atomic E-state index is 12.7. The first-order valence-electron chi connectivity index (χ1n) is 5.18. The molecule has 0 aromatic rings. The van der Waals surface area contributed by atoms with Gasteiger partial charge in [0, 0.05) is 13.1 Å². The van der Waals surface area contributed by atoms with Gasteiger partial charge in [-0.2, -0.15) is 35.1 Å². The third-order valence-electron chi connectivity index (χ3n) is 2.80. The molecule has 0 aliphatic carbocycles. The highest BCUT2D eigenvalue weighted by Gasteiger charge is 2.65. The number of amides is 1. The van der Waals surface area contributed by atoms with Gasteiger partial charge in [0.05, 0.1) is 5.92 Å².